The first kappa shape index (κ1) is 17.9. The number of hydrogen-bond donors (Lipinski definition) is 1. The Morgan fingerprint density at radius 1 is 1.12 bits per heavy atom. The summed E-state index contributed by atoms with van der Waals surface area (Å²) in [6, 6.07) is 5.96. The number of alkyl halides is 3. The topological polar surface area (TPSA) is 64.0 Å². The monoisotopic (exact) mass is 373 g/mol. The van der Waals surface area contributed by atoms with E-state index in [1.54, 1.807) is 12.1 Å². The largest absolute Gasteiger partial charge is 0.435 e. The molecule has 1 heterocycles. The molecule has 25 heavy (non-hydrogen) atoms. The van der Waals surface area contributed by atoms with Crippen molar-refractivity contribution in [2.75, 3.05) is 6.54 Å². The number of aryl methyl sites for hydroxylation is 2. The van der Waals surface area contributed by atoms with Crippen LogP contribution >= 0.6 is 0 Å². The summed E-state index contributed by atoms with van der Waals surface area (Å²) in [7, 11) is -3.70. The smallest absolute Gasteiger partial charge is 0.271 e. The van der Waals surface area contributed by atoms with Gasteiger partial charge in [0.2, 0.25) is 10.0 Å². The van der Waals surface area contributed by atoms with Crippen LogP contribution in [0.4, 0.5) is 13.2 Å². The SMILES string of the molecule is O=S(=O)(NCCn1ccc(C(F)(F)F)n1)c1ccc2c(c1)CCCC2. The molecule has 1 aromatic carbocycles. The quantitative estimate of drug-likeness (QED) is 0.877. The van der Waals surface area contributed by atoms with Gasteiger partial charge in [0.05, 0.1) is 11.4 Å². The van der Waals surface area contributed by atoms with Crippen LogP contribution in [-0.4, -0.2) is 24.7 Å². The van der Waals surface area contributed by atoms with Crippen molar-refractivity contribution in [2.45, 2.75) is 43.3 Å². The van der Waals surface area contributed by atoms with E-state index in [0.29, 0.717) is 0 Å². The maximum atomic E-state index is 12.5. The minimum Gasteiger partial charge on any atom is -0.271 e. The highest BCUT2D eigenvalue weighted by atomic mass is 32.2. The summed E-state index contributed by atoms with van der Waals surface area (Å²) in [4.78, 5) is 0.185. The summed E-state index contributed by atoms with van der Waals surface area (Å²) in [6.07, 6.45) is 0.659. The number of fused-ring (bicyclic) bond motifs is 1. The van der Waals surface area contributed by atoms with E-state index in [1.807, 2.05) is 6.07 Å². The Bertz CT molecular complexity index is 860. The maximum absolute atomic E-state index is 12.5. The van der Waals surface area contributed by atoms with Crippen LogP contribution in [0.5, 0.6) is 0 Å². The van der Waals surface area contributed by atoms with Crippen molar-refractivity contribution in [3.8, 4) is 0 Å². The molecular formula is C16H18F3N3O2S. The molecule has 0 saturated carbocycles. The van der Waals surface area contributed by atoms with Gasteiger partial charge in [0.25, 0.3) is 0 Å². The third-order valence-corrected chi connectivity index (χ3v) is 5.65. The van der Waals surface area contributed by atoms with Crippen LogP contribution in [0.3, 0.4) is 0 Å². The lowest BCUT2D eigenvalue weighted by Gasteiger charge is -2.16. The van der Waals surface area contributed by atoms with Crippen molar-refractivity contribution < 1.29 is 21.6 Å². The second-order valence-electron chi connectivity index (χ2n) is 6.00. The molecule has 0 aliphatic heterocycles. The van der Waals surface area contributed by atoms with Crippen molar-refractivity contribution in [1.82, 2.24) is 14.5 Å². The van der Waals surface area contributed by atoms with Crippen molar-refractivity contribution in [1.29, 1.82) is 0 Å². The summed E-state index contributed by atoms with van der Waals surface area (Å²) in [6.45, 7) is -0.0291. The van der Waals surface area contributed by atoms with Crippen molar-refractivity contribution >= 4 is 10.0 Å². The third-order valence-electron chi connectivity index (χ3n) is 4.19. The highest BCUT2D eigenvalue weighted by molar-refractivity contribution is 7.89. The van der Waals surface area contributed by atoms with E-state index in [9.17, 15) is 21.6 Å². The van der Waals surface area contributed by atoms with Crippen LogP contribution in [-0.2, 0) is 35.6 Å². The number of benzene rings is 1. The fourth-order valence-electron chi connectivity index (χ4n) is 2.89. The number of aromatic nitrogens is 2. The molecule has 1 aromatic heterocycles. The van der Waals surface area contributed by atoms with Gasteiger partial charge >= 0.3 is 6.18 Å². The Morgan fingerprint density at radius 3 is 2.52 bits per heavy atom. The Morgan fingerprint density at radius 2 is 1.84 bits per heavy atom. The number of nitrogens with one attached hydrogen (secondary N) is 1. The summed E-state index contributed by atoms with van der Waals surface area (Å²) in [5.74, 6) is 0. The molecule has 0 atom stereocenters. The van der Waals surface area contributed by atoms with Gasteiger partial charge in [-0.2, -0.15) is 18.3 Å². The second-order valence-corrected chi connectivity index (χ2v) is 7.76. The number of rotatable bonds is 5. The molecule has 1 aliphatic rings. The van der Waals surface area contributed by atoms with Crippen molar-refractivity contribution in [3.63, 3.8) is 0 Å². The Balaban J connectivity index is 1.63. The van der Waals surface area contributed by atoms with Crippen LogP contribution in [0.15, 0.2) is 35.4 Å². The van der Waals surface area contributed by atoms with Gasteiger partial charge in [0.1, 0.15) is 0 Å². The first-order chi connectivity index (χ1) is 11.8. The molecule has 1 N–H and O–H groups in total. The lowest BCUT2D eigenvalue weighted by atomic mass is 9.92. The first-order valence-corrected chi connectivity index (χ1v) is 9.46. The standard InChI is InChI=1S/C16H18F3N3O2S/c17-16(18,19)15-7-9-22(21-15)10-8-20-25(23,24)14-6-5-12-3-1-2-4-13(12)11-14/h5-7,9,11,20H,1-4,8,10H2. The molecule has 0 fully saturated rings. The molecule has 1 aliphatic carbocycles. The van der Waals surface area contributed by atoms with Gasteiger partial charge in [-0.25, -0.2) is 13.1 Å². The predicted octanol–water partition coefficient (Wildman–Crippen LogP) is 2.76. The van der Waals surface area contributed by atoms with Crippen molar-refractivity contribution in [2.24, 2.45) is 0 Å². The Labute approximate surface area is 143 Å². The molecule has 9 heteroatoms. The van der Waals surface area contributed by atoms with E-state index in [2.05, 4.69) is 9.82 Å². The predicted molar refractivity (Wildman–Crippen MR) is 85.5 cm³/mol. The molecule has 0 spiro atoms. The molecule has 0 radical (unpaired) electrons. The Kier molecular flexibility index (Phi) is 4.88. The van der Waals surface area contributed by atoms with E-state index in [1.165, 1.54) is 11.8 Å². The summed E-state index contributed by atoms with van der Waals surface area (Å²) >= 11 is 0. The zero-order valence-corrected chi connectivity index (χ0v) is 14.2. The number of nitrogens with zero attached hydrogens (tertiary/aromatic N) is 2. The van der Waals surface area contributed by atoms with Gasteiger partial charge < -0.3 is 0 Å². The molecule has 0 amide bonds. The average molecular weight is 373 g/mol. The van der Waals surface area contributed by atoms with E-state index in [-0.39, 0.29) is 18.0 Å². The number of hydrogen-bond acceptors (Lipinski definition) is 3. The van der Waals surface area contributed by atoms with Gasteiger partial charge in [0, 0.05) is 12.7 Å². The van der Waals surface area contributed by atoms with E-state index in [0.717, 1.165) is 42.0 Å². The van der Waals surface area contributed by atoms with Gasteiger partial charge in [-0.3, -0.25) is 4.68 Å². The molecule has 0 unspecified atom stereocenters. The van der Waals surface area contributed by atoms with Gasteiger partial charge in [-0.15, -0.1) is 0 Å². The van der Waals surface area contributed by atoms with Crippen molar-refractivity contribution in [3.05, 3.63) is 47.3 Å². The molecule has 5 nitrogen and oxygen atoms in total. The van der Waals surface area contributed by atoms with Gasteiger partial charge in [-0.05, 0) is 55.0 Å². The van der Waals surface area contributed by atoms with Crippen LogP contribution in [0, 0.1) is 0 Å². The summed E-state index contributed by atoms with van der Waals surface area (Å²) in [5.41, 5.74) is 1.24. The fraction of sp³-hybridized carbons (Fsp3) is 0.438. The number of halogens is 3. The zero-order chi connectivity index (χ0) is 18.1. The molecule has 0 saturated heterocycles. The first-order valence-electron chi connectivity index (χ1n) is 7.98. The van der Waals surface area contributed by atoms with Crippen LogP contribution in [0.2, 0.25) is 0 Å². The molecular weight excluding hydrogens is 355 g/mol. The lowest BCUT2D eigenvalue weighted by Crippen LogP contribution is -2.28. The Hall–Kier alpha value is -1.87. The normalized spacial score (nSPS) is 15.2. The minimum atomic E-state index is -4.51. The highest BCUT2D eigenvalue weighted by Crippen LogP contribution is 2.27. The third kappa shape index (κ3) is 4.21. The van der Waals surface area contributed by atoms with Gasteiger partial charge in [0.15, 0.2) is 5.69 Å². The molecule has 2 aromatic rings. The van der Waals surface area contributed by atoms with Crippen LogP contribution < -0.4 is 4.72 Å². The highest BCUT2D eigenvalue weighted by Gasteiger charge is 2.33. The van der Waals surface area contributed by atoms with Crippen LogP contribution in [0.25, 0.3) is 0 Å². The fourth-order valence-corrected chi connectivity index (χ4v) is 3.96. The average Bonchev–Trinajstić information content (AvgIpc) is 3.03. The van der Waals surface area contributed by atoms with E-state index >= 15 is 0 Å². The lowest BCUT2D eigenvalue weighted by molar-refractivity contribution is -0.141. The zero-order valence-electron chi connectivity index (χ0n) is 13.4. The van der Waals surface area contributed by atoms with Crippen LogP contribution in [0.1, 0.15) is 29.7 Å². The maximum Gasteiger partial charge on any atom is 0.435 e. The summed E-state index contributed by atoms with van der Waals surface area (Å²) < 4.78 is 65.6. The molecule has 3 rings (SSSR count). The van der Waals surface area contributed by atoms with Gasteiger partial charge in [-0.1, -0.05) is 6.07 Å². The molecule has 136 valence electrons. The molecule has 0 bridgehead atoms. The van der Waals surface area contributed by atoms with E-state index < -0.39 is 21.9 Å². The van der Waals surface area contributed by atoms with E-state index in [4.69, 9.17) is 0 Å². The summed E-state index contributed by atoms with van der Waals surface area (Å²) in [5, 5.41) is 3.39. The minimum absolute atomic E-state index is 0.0141. The number of sulfonamides is 1. The second kappa shape index (κ2) is 6.80.